The molecule has 4 nitrogen and oxygen atoms in total. The molecule has 0 radical (unpaired) electrons. The van der Waals surface area contributed by atoms with Crippen molar-refractivity contribution in [2.75, 3.05) is 0 Å². The molecule has 3 N–H and O–H groups in total. The maximum atomic E-state index is 7.30. The molecule has 0 saturated heterocycles. The molecule has 4 heteroatoms. The Balaban J connectivity index is 2.17. The van der Waals surface area contributed by atoms with E-state index in [0.29, 0.717) is 0 Å². The van der Waals surface area contributed by atoms with Crippen molar-refractivity contribution in [2.24, 2.45) is 5.73 Å². The van der Waals surface area contributed by atoms with Crippen LogP contribution in [0.1, 0.15) is 16.8 Å². The molecule has 0 aliphatic heterocycles. The number of hydrogen-bond donors (Lipinski definition) is 2. The summed E-state index contributed by atoms with van der Waals surface area (Å²) in [6.07, 6.45) is 1.79. The first-order valence-corrected chi connectivity index (χ1v) is 5.08. The third-order valence-corrected chi connectivity index (χ3v) is 2.53. The molecular weight excluding hydrogens is 200 g/mol. The molecule has 1 aromatic carbocycles. The number of nitrogens with zero attached hydrogens (tertiary/aromatic N) is 2. The average Bonchev–Trinajstić information content (AvgIpc) is 2.65. The average molecular weight is 214 g/mol. The van der Waals surface area contributed by atoms with Crippen molar-refractivity contribution in [3.63, 3.8) is 0 Å². The Morgan fingerprint density at radius 2 is 2.00 bits per heavy atom. The molecule has 0 aliphatic carbocycles. The third-order valence-electron chi connectivity index (χ3n) is 2.53. The van der Waals surface area contributed by atoms with Crippen LogP contribution in [0.15, 0.2) is 36.5 Å². The van der Waals surface area contributed by atoms with Gasteiger partial charge in [-0.05, 0) is 18.6 Å². The van der Waals surface area contributed by atoms with E-state index in [1.807, 2.05) is 41.9 Å². The SMILES string of the molecule is Cc1ccnn1Cc1ccc(C(=N)N)cc1. The van der Waals surface area contributed by atoms with Crippen molar-refractivity contribution < 1.29 is 0 Å². The van der Waals surface area contributed by atoms with Gasteiger partial charge in [-0.1, -0.05) is 24.3 Å². The lowest BCUT2D eigenvalue weighted by molar-refractivity contribution is 0.665. The zero-order valence-corrected chi connectivity index (χ0v) is 9.14. The number of hydrogen-bond acceptors (Lipinski definition) is 2. The van der Waals surface area contributed by atoms with Crippen LogP contribution < -0.4 is 5.73 Å². The Kier molecular flexibility index (Phi) is 2.72. The topological polar surface area (TPSA) is 67.7 Å². The molecule has 0 atom stereocenters. The van der Waals surface area contributed by atoms with Gasteiger partial charge in [0.1, 0.15) is 5.84 Å². The molecule has 0 aliphatic rings. The van der Waals surface area contributed by atoms with Crippen LogP contribution in [0, 0.1) is 12.3 Å². The van der Waals surface area contributed by atoms with Gasteiger partial charge >= 0.3 is 0 Å². The first-order valence-electron chi connectivity index (χ1n) is 5.08. The minimum absolute atomic E-state index is 0.0989. The largest absolute Gasteiger partial charge is 0.384 e. The molecule has 0 fully saturated rings. The van der Waals surface area contributed by atoms with E-state index >= 15 is 0 Å². The van der Waals surface area contributed by atoms with Crippen LogP contribution in [0.25, 0.3) is 0 Å². The normalized spacial score (nSPS) is 10.3. The minimum atomic E-state index is 0.0989. The highest BCUT2D eigenvalue weighted by Crippen LogP contribution is 2.07. The summed E-state index contributed by atoms with van der Waals surface area (Å²) in [4.78, 5) is 0. The number of aryl methyl sites for hydroxylation is 1. The second-order valence-electron chi connectivity index (χ2n) is 3.74. The van der Waals surface area contributed by atoms with Gasteiger partial charge in [-0.3, -0.25) is 10.1 Å². The number of rotatable bonds is 3. The quantitative estimate of drug-likeness (QED) is 0.601. The van der Waals surface area contributed by atoms with Gasteiger partial charge in [-0.15, -0.1) is 0 Å². The van der Waals surface area contributed by atoms with Crippen LogP contribution >= 0.6 is 0 Å². The van der Waals surface area contributed by atoms with E-state index in [2.05, 4.69) is 5.10 Å². The van der Waals surface area contributed by atoms with E-state index in [-0.39, 0.29) is 5.84 Å². The number of nitrogen functional groups attached to an aromatic ring is 1. The maximum absolute atomic E-state index is 7.30. The standard InChI is InChI=1S/C12H14N4/c1-9-6-7-15-16(9)8-10-2-4-11(5-3-10)12(13)14/h2-7H,8H2,1H3,(H3,13,14). The number of nitrogens with one attached hydrogen (secondary N) is 1. The molecule has 2 aromatic rings. The van der Waals surface area contributed by atoms with Crippen molar-refractivity contribution in [3.05, 3.63) is 53.3 Å². The van der Waals surface area contributed by atoms with Crippen LogP contribution in [0.3, 0.4) is 0 Å². The highest BCUT2D eigenvalue weighted by Gasteiger charge is 2.00. The first-order chi connectivity index (χ1) is 7.66. The molecule has 2 rings (SSSR count). The zero-order chi connectivity index (χ0) is 11.5. The number of benzene rings is 1. The van der Waals surface area contributed by atoms with E-state index in [4.69, 9.17) is 11.1 Å². The lowest BCUT2D eigenvalue weighted by atomic mass is 10.1. The van der Waals surface area contributed by atoms with Crippen LogP contribution in [0.2, 0.25) is 0 Å². The Bertz CT molecular complexity index is 496. The van der Waals surface area contributed by atoms with E-state index in [9.17, 15) is 0 Å². The Morgan fingerprint density at radius 1 is 1.31 bits per heavy atom. The fourth-order valence-electron chi connectivity index (χ4n) is 1.53. The lowest BCUT2D eigenvalue weighted by Gasteiger charge is -2.05. The van der Waals surface area contributed by atoms with Crippen molar-refractivity contribution in [1.29, 1.82) is 5.41 Å². The first kappa shape index (κ1) is 10.4. The summed E-state index contributed by atoms with van der Waals surface area (Å²) in [6.45, 7) is 2.77. The van der Waals surface area contributed by atoms with E-state index < -0.39 is 0 Å². The molecule has 82 valence electrons. The minimum Gasteiger partial charge on any atom is -0.384 e. The van der Waals surface area contributed by atoms with Crippen molar-refractivity contribution >= 4 is 5.84 Å². The smallest absolute Gasteiger partial charge is 0.122 e. The molecule has 0 spiro atoms. The van der Waals surface area contributed by atoms with Gasteiger partial charge in [-0.2, -0.15) is 5.10 Å². The predicted molar refractivity (Wildman–Crippen MR) is 63.5 cm³/mol. The van der Waals surface area contributed by atoms with Crippen LogP contribution in [0.5, 0.6) is 0 Å². The molecule has 1 heterocycles. The predicted octanol–water partition coefficient (Wildman–Crippen LogP) is 1.52. The summed E-state index contributed by atoms with van der Waals surface area (Å²) in [5.74, 6) is 0.0989. The van der Waals surface area contributed by atoms with Gasteiger partial charge in [0, 0.05) is 17.5 Å². The van der Waals surface area contributed by atoms with Gasteiger partial charge in [0.25, 0.3) is 0 Å². The molecule has 0 amide bonds. The Morgan fingerprint density at radius 3 is 2.50 bits per heavy atom. The van der Waals surface area contributed by atoms with E-state index in [1.165, 1.54) is 0 Å². The van der Waals surface area contributed by atoms with Gasteiger partial charge in [-0.25, -0.2) is 0 Å². The second-order valence-corrected chi connectivity index (χ2v) is 3.74. The third kappa shape index (κ3) is 2.11. The summed E-state index contributed by atoms with van der Waals surface area (Å²) < 4.78 is 1.93. The van der Waals surface area contributed by atoms with Crippen molar-refractivity contribution in [1.82, 2.24) is 9.78 Å². The fraction of sp³-hybridized carbons (Fsp3) is 0.167. The number of amidine groups is 1. The van der Waals surface area contributed by atoms with Gasteiger partial charge in [0.2, 0.25) is 0 Å². The van der Waals surface area contributed by atoms with Crippen LogP contribution in [-0.4, -0.2) is 15.6 Å². The number of nitrogens with two attached hydrogens (primary N) is 1. The molecule has 0 unspecified atom stereocenters. The summed E-state index contributed by atoms with van der Waals surface area (Å²) in [7, 11) is 0. The molecule has 16 heavy (non-hydrogen) atoms. The van der Waals surface area contributed by atoms with Gasteiger partial charge < -0.3 is 5.73 Å². The molecule has 0 saturated carbocycles. The Labute approximate surface area is 94.2 Å². The highest BCUT2D eigenvalue weighted by molar-refractivity contribution is 5.94. The summed E-state index contributed by atoms with van der Waals surface area (Å²) in [5.41, 5.74) is 8.43. The van der Waals surface area contributed by atoms with E-state index in [0.717, 1.165) is 23.4 Å². The van der Waals surface area contributed by atoms with Crippen molar-refractivity contribution in [2.45, 2.75) is 13.5 Å². The van der Waals surface area contributed by atoms with Crippen LogP contribution in [-0.2, 0) is 6.54 Å². The summed E-state index contributed by atoms with van der Waals surface area (Å²) in [6, 6.07) is 9.63. The molecule has 1 aromatic heterocycles. The zero-order valence-electron chi connectivity index (χ0n) is 9.14. The summed E-state index contributed by atoms with van der Waals surface area (Å²) in [5, 5.41) is 11.5. The molecule has 0 bridgehead atoms. The maximum Gasteiger partial charge on any atom is 0.122 e. The van der Waals surface area contributed by atoms with Gasteiger partial charge in [0.05, 0.1) is 6.54 Å². The molecular formula is C12H14N4. The number of aromatic nitrogens is 2. The monoisotopic (exact) mass is 214 g/mol. The van der Waals surface area contributed by atoms with Crippen LogP contribution in [0.4, 0.5) is 0 Å². The fourth-order valence-corrected chi connectivity index (χ4v) is 1.53. The lowest BCUT2D eigenvalue weighted by Crippen LogP contribution is -2.11. The van der Waals surface area contributed by atoms with Gasteiger partial charge in [0.15, 0.2) is 0 Å². The Hall–Kier alpha value is -2.10. The van der Waals surface area contributed by atoms with Crippen molar-refractivity contribution in [3.8, 4) is 0 Å². The second kappa shape index (κ2) is 4.18. The van der Waals surface area contributed by atoms with E-state index in [1.54, 1.807) is 6.20 Å². The summed E-state index contributed by atoms with van der Waals surface area (Å²) >= 11 is 0. The highest BCUT2D eigenvalue weighted by atomic mass is 15.3.